The number of thiophene rings is 1. The van der Waals surface area contributed by atoms with Crippen LogP contribution in [0.5, 0.6) is 0 Å². The number of carbonyl (C=O) groups excluding carboxylic acids is 2. The molecule has 5 heteroatoms. The van der Waals surface area contributed by atoms with Gasteiger partial charge in [-0.25, -0.2) is 0 Å². The first kappa shape index (κ1) is 12.9. The van der Waals surface area contributed by atoms with Crippen LogP contribution in [0, 0.1) is 5.92 Å². The summed E-state index contributed by atoms with van der Waals surface area (Å²) in [7, 11) is 0. The molecule has 20 heavy (non-hydrogen) atoms. The third-order valence-corrected chi connectivity index (χ3v) is 4.49. The van der Waals surface area contributed by atoms with Crippen molar-refractivity contribution in [2.45, 2.75) is 12.3 Å². The zero-order chi connectivity index (χ0) is 14.1. The molecule has 1 aliphatic rings. The van der Waals surface area contributed by atoms with Gasteiger partial charge in [0.25, 0.3) is 5.91 Å². The predicted molar refractivity (Wildman–Crippen MR) is 78.8 cm³/mol. The maximum absolute atomic E-state index is 12.2. The number of para-hydroxylation sites is 1. The van der Waals surface area contributed by atoms with Crippen LogP contribution in [0.4, 0.5) is 5.69 Å². The summed E-state index contributed by atoms with van der Waals surface area (Å²) in [6.45, 7) is 0. The zero-order valence-electron chi connectivity index (χ0n) is 10.7. The fraction of sp³-hybridized carbons (Fsp3) is 0.200. The van der Waals surface area contributed by atoms with Gasteiger partial charge in [-0.3, -0.25) is 9.59 Å². The lowest BCUT2D eigenvalue weighted by molar-refractivity contribution is -0.117. The van der Waals surface area contributed by atoms with Crippen LogP contribution in [-0.4, -0.2) is 11.8 Å². The van der Waals surface area contributed by atoms with Gasteiger partial charge in [0, 0.05) is 16.7 Å². The van der Waals surface area contributed by atoms with E-state index < -0.39 is 5.91 Å². The van der Waals surface area contributed by atoms with Crippen LogP contribution >= 0.6 is 11.3 Å². The molecule has 1 aromatic heterocycles. The van der Waals surface area contributed by atoms with Gasteiger partial charge in [0.15, 0.2) is 0 Å². The molecule has 1 fully saturated rings. The third kappa shape index (κ3) is 2.44. The van der Waals surface area contributed by atoms with Gasteiger partial charge in [0.2, 0.25) is 5.91 Å². The first-order valence-corrected chi connectivity index (χ1v) is 7.28. The lowest BCUT2D eigenvalue weighted by atomic mass is 10.1. The van der Waals surface area contributed by atoms with Crippen molar-refractivity contribution in [2.24, 2.45) is 11.7 Å². The molecule has 1 aliphatic carbocycles. The molecule has 1 saturated carbocycles. The van der Waals surface area contributed by atoms with Crippen LogP contribution in [0.25, 0.3) is 0 Å². The number of hydrogen-bond donors (Lipinski definition) is 2. The second-order valence-electron chi connectivity index (χ2n) is 4.86. The second-order valence-corrected chi connectivity index (χ2v) is 5.84. The first-order chi connectivity index (χ1) is 9.66. The molecular formula is C15H14N2O2S. The molecule has 4 nitrogen and oxygen atoms in total. The number of rotatable bonds is 4. The summed E-state index contributed by atoms with van der Waals surface area (Å²) in [6, 6.07) is 10.9. The van der Waals surface area contributed by atoms with E-state index in [0.29, 0.717) is 17.2 Å². The van der Waals surface area contributed by atoms with Gasteiger partial charge in [-0.1, -0.05) is 18.2 Å². The Morgan fingerprint density at radius 2 is 2.00 bits per heavy atom. The Bertz CT molecular complexity index is 652. The van der Waals surface area contributed by atoms with E-state index >= 15 is 0 Å². The smallest absolute Gasteiger partial charge is 0.250 e. The van der Waals surface area contributed by atoms with E-state index in [-0.39, 0.29) is 11.8 Å². The van der Waals surface area contributed by atoms with Crippen LogP contribution in [0.15, 0.2) is 41.8 Å². The molecule has 2 amide bonds. The van der Waals surface area contributed by atoms with E-state index in [1.807, 2.05) is 11.4 Å². The molecule has 3 N–H and O–H groups in total. The Balaban J connectivity index is 1.70. The van der Waals surface area contributed by atoms with E-state index in [2.05, 4.69) is 11.4 Å². The van der Waals surface area contributed by atoms with Crippen LogP contribution in [-0.2, 0) is 4.79 Å². The summed E-state index contributed by atoms with van der Waals surface area (Å²) < 4.78 is 0. The Hall–Kier alpha value is -2.14. The van der Waals surface area contributed by atoms with Gasteiger partial charge in [0.1, 0.15) is 0 Å². The van der Waals surface area contributed by atoms with E-state index in [1.165, 1.54) is 4.88 Å². The molecule has 0 spiro atoms. The van der Waals surface area contributed by atoms with Crippen molar-refractivity contribution >= 4 is 28.8 Å². The monoisotopic (exact) mass is 286 g/mol. The molecule has 0 saturated heterocycles. The minimum Gasteiger partial charge on any atom is -0.366 e. The molecular weight excluding hydrogens is 272 g/mol. The summed E-state index contributed by atoms with van der Waals surface area (Å²) in [5.41, 5.74) is 6.13. The highest BCUT2D eigenvalue weighted by Crippen LogP contribution is 2.49. The summed E-state index contributed by atoms with van der Waals surface area (Å²) in [6.07, 6.45) is 0.866. The Morgan fingerprint density at radius 1 is 1.20 bits per heavy atom. The van der Waals surface area contributed by atoms with Crippen molar-refractivity contribution in [1.82, 2.24) is 0 Å². The molecule has 102 valence electrons. The van der Waals surface area contributed by atoms with Crippen LogP contribution < -0.4 is 11.1 Å². The quantitative estimate of drug-likeness (QED) is 0.906. The minimum absolute atomic E-state index is 0.00502. The standard InChI is InChI=1S/C15H14N2O2S/c16-14(18)9-4-1-2-5-12(9)17-15(19)11-8-10(11)13-6-3-7-20-13/h1-7,10-11H,8H2,(H2,16,18)(H,17,19). The van der Waals surface area contributed by atoms with Gasteiger partial charge in [-0.2, -0.15) is 0 Å². The van der Waals surface area contributed by atoms with Crippen molar-refractivity contribution in [3.63, 3.8) is 0 Å². The molecule has 1 aromatic carbocycles. The van der Waals surface area contributed by atoms with Crippen molar-refractivity contribution < 1.29 is 9.59 Å². The second kappa shape index (κ2) is 5.09. The highest BCUT2D eigenvalue weighted by Gasteiger charge is 2.44. The maximum Gasteiger partial charge on any atom is 0.250 e. The van der Waals surface area contributed by atoms with Gasteiger partial charge in [-0.05, 0) is 30.0 Å². The number of amides is 2. The average Bonchev–Trinajstić information content (AvgIpc) is 3.05. The van der Waals surface area contributed by atoms with Crippen LogP contribution in [0.2, 0.25) is 0 Å². The molecule has 1 heterocycles. The SMILES string of the molecule is NC(=O)c1ccccc1NC(=O)C1CC1c1cccs1. The van der Waals surface area contributed by atoms with E-state index in [9.17, 15) is 9.59 Å². The number of hydrogen-bond acceptors (Lipinski definition) is 3. The van der Waals surface area contributed by atoms with Crippen molar-refractivity contribution in [3.05, 3.63) is 52.2 Å². The summed E-state index contributed by atoms with van der Waals surface area (Å²) in [4.78, 5) is 24.8. The largest absolute Gasteiger partial charge is 0.366 e. The fourth-order valence-electron chi connectivity index (χ4n) is 2.33. The highest BCUT2D eigenvalue weighted by atomic mass is 32.1. The number of anilines is 1. The number of nitrogens with two attached hydrogens (primary N) is 1. The molecule has 0 bridgehead atoms. The van der Waals surface area contributed by atoms with Gasteiger partial charge < -0.3 is 11.1 Å². The zero-order valence-corrected chi connectivity index (χ0v) is 11.5. The van der Waals surface area contributed by atoms with E-state index in [0.717, 1.165) is 6.42 Å². The van der Waals surface area contributed by atoms with Crippen LogP contribution in [0.3, 0.4) is 0 Å². The number of carbonyl (C=O) groups is 2. The van der Waals surface area contributed by atoms with Gasteiger partial charge in [0.05, 0.1) is 11.3 Å². The van der Waals surface area contributed by atoms with E-state index in [1.54, 1.807) is 35.6 Å². The van der Waals surface area contributed by atoms with E-state index in [4.69, 9.17) is 5.73 Å². The number of nitrogens with one attached hydrogen (secondary N) is 1. The van der Waals surface area contributed by atoms with Crippen LogP contribution in [0.1, 0.15) is 27.6 Å². The minimum atomic E-state index is -0.536. The third-order valence-electron chi connectivity index (χ3n) is 3.49. The maximum atomic E-state index is 12.2. The Kier molecular flexibility index (Phi) is 3.28. The molecule has 2 aromatic rings. The van der Waals surface area contributed by atoms with Crippen molar-refractivity contribution in [2.75, 3.05) is 5.32 Å². The lowest BCUT2D eigenvalue weighted by Crippen LogP contribution is -2.19. The first-order valence-electron chi connectivity index (χ1n) is 6.40. The predicted octanol–water partition coefficient (Wildman–Crippen LogP) is 2.59. The normalized spacial score (nSPS) is 20.4. The topological polar surface area (TPSA) is 72.2 Å². The fourth-order valence-corrected chi connectivity index (χ4v) is 3.24. The lowest BCUT2D eigenvalue weighted by Gasteiger charge is -2.08. The summed E-state index contributed by atoms with van der Waals surface area (Å²) in [5.74, 6) is -0.270. The van der Waals surface area contributed by atoms with Crippen molar-refractivity contribution in [1.29, 1.82) is 0 Å². The summed E-state index contributed by atoms with van der Waals surface area (Å²) in [5, 5.41) is 4.83. The summed E-state index contributed by atoms with van der Waals surface area (Å²) >= 11 is 1.67. The molecule has 0 radical (unpaired) electrons. The molecule has 0 aliphatic heterocycles. The number of benzene rings is 1. The Labute approximate surface area is 120 Å². The highest BCUT2D eigenvalue weighted by molar-refractivity contribution is 7.10. The molecule has 2 unspecified atom stereocenters. The average molecular weight is 286 g/mol. The molecule has 3 rings (SSSR count). The van der Waals surface area contributed by atoms with Gasteiger partial charge >= 0.3 is 0 Å². The van der Waals surface area contributed by atoms with Crippen molar-refractivity contribution in [3.8, 4) is 0 Å². The Morgan fingerprint density at radius 3 is 2.70 bits per heavy atom. The van der Waals surface area contributed by atoms with Gasteiger partial charge in [-0.15, -0.1) is 11.3 Å². The molecule has 2 atom stereocenters. The number of primary amides is 1.